The van der Waals surface area contributed by atoms with Crippen LogP contribution in [-0.2, 0) is 11.2 Å². The molecule has 1 amide bonds. The van der Waals surface area contributed by atoms with E-state index in [-0.39, 0.29) is 43.2 Å². The van der Waals surface area contributed by atoms with Crippen molar-refractivity contribution in [1.29, 1.82) is 0 Å². The zero-order valence-electron chi connectivity index (χ0n) is 17.8. The number of nitrogens with zero attached hydrogens (tertiary/aromatic N) is 1. The molecule has 0 spiro atoms. The van der Waals surface area contributed by atoms with Gasteiger partial charge < -0.3 is 21.1 Å². The molecule has 3 aromatic rings. The van der Waals surface area contributed by atoms with E-state index in [1.54, 1.807) is 6.07 Å². The molecule has 0 saturated carbocycles. The van der Waals surface area contributed by atoms with E-state index in [0.29, 0.717) is 30.2 Å². The Bertz CT molecular complexity index is 990. The largest absolute Gasteiger partial charge is 0.395 e. The summed E-state index contributed by atoms with van der Waals surface area (Å²) in [5.74, 6) is 0.467. The number of fused-ring (bicyclic) bond motifs is 1. The van der Waals surface area contributed by atoms with Gasteiger partial charge in [0, 0.05) is 30.9 Å². The quantitative estimate of drug-likeness (QED) is 0.308. The number of nitrogens with one attached hydrogen (secondary N) is 3. The zero-order valence-corrected chi connectivity index (χ0v) is 20.2. The Morgan fingerprint density at radius 1 is 1.03 bits per heavy atom. The van der Waals surface area contributed by atoms with Gasteiger partial charge in [0.25, 0.3) is 0 Å². The number of pyridine rings is 1. The smallest absolute Gasteiger partial charge is 0.227 e. The van der Waals surface area contributed by atoms with E-state index in [2.05, 4.69) is 20.9 Å². The van der Waals surface area contributed by atoms with Crippen LogP contribution >= 0.6 is 36.4 Å². The summed E-state index contributed by atoms with van der Waals surface area (Å²) in [7, 11) is 0. The van der Waals surface area contributed by atoms with Crippen LogP contribution in [-0.4, -0.2) is 42.2 Å². The molecule has 2 aromatic carbocycles. The van der Waals surface area contributed by atoms with Crippen LogP contribution in [0.15, 0.2) is 54.6 Å². The van der Waals surface area contributed by atoms with Gasteiger partial charge in [0.15, 0.2) is 0 Å². The zero-order chi connectivity index (χ0) is 21.3. The molecule has 6 nitrogen and oxygen atoms in total. The summed E-state index contributed by atoms with van der Waals surface area (Å²) in [6, 6.07) is 17.3. The Hall–Kier alpha value is -2.09. The molecule has 0 unspecified atom stereocenters. The second-order valence-corrected chi connectivity index (χ2v) is 7.57. The molecule has 0 bridgehead atoms. The molecule has 0 saturated heterocycles. The summed E-state index contributed by atoms with van der Waals surface area (Å²) < 4.78 is 0. The lowest BCUT2D eigenvalue weighted by Crippen LogP contribution is -2.25. The van der Waals surface area contributed by atoms with Gasteiger partial charge >= 0.3 is 0 Å². The molecule has 1 aromatic heterocycles. The predicted molar refractivity (Wildman–Crippen MR) is 138 cm³/mol. The first-order chi connectivity index (χ1) is 14.6. The fourth-order valence-corrected chi connectivity index (χ4v) is 3.40. The van der Waals surface area contributed by atoms with Gasteiger partial charge in [0.2, 0.25) is 5.91 Å². The van der Waals surface area contributed by atoms with Crippen LogP contribution in [0, 0.1) is 5.92 Å². The molecule has 0 aliphatic carbocycles. The minimum absolute atomic E-state index is 0. The van der Waals surface area contributed by atoms with E-state index in [1.807, 2.05) is 55.5 Å². The SMILES string of the molecule is C[C@H](Cc1ccccc1)C(=O)Nc1c(Cl)ccc2nc(NCCNCCO)ccc12.Cl.Cl. The number of halogens is 3. The average Bonchev–Trinajstić information content (AvgIpc) is 2.76. The summed E-state index contributed by atoms with van der Waals surface area (Å²) in [4.78, 5) is 17.4. The first-order valence-corrected chi connectivity index (χ1v) is 10.5. The number of amides is 1. The maximum Gasteiger partial charge on any atom is 0.227 e. The molecule has 174 valence electrons. The molecular formula is C23H29Cl3N4O2. The second kappa shape index (κ2) is 14.1. The first-order valence-electron chi connectivity index (χ1n) is 10.1. The molecule has 3 rings (SSSR count). The maximum absolute atomic E-state index is 12.8. The van der Waals surface area contributed by atoms with Gasteiger partial charge in [0.05, 0.1) is 22.8 Å². The number of aliphatic hydroxyl groups is 1. The van der Waals surface area contributed by atoms with E-state index in [4.69, 9.17) is 16.7 Å². The number of hydrogen-bond donors (Lipinski definition) is 4. The lowest BCUT2D eigenvalue weighted by Gasteiger charge is -2.15. The van der Waals surface area contributed by atoms with E-state index in [9.17, 15) is 4.79 Å². The van der Waals surface area contributed by atoms with Crippen molar-refractivity contribution in [3.8, 4) is 0 Å². The highest BCUT2D eigenvalue weighted by atomic mass is 35.5. The molecule has 0 fully saturated rings. The second-order valence-electron chi connectivity index (χ2n) is 7.17. The van der Waals surface area contributed by atoms with Crippen molar-refractivity contribution >= 4 is 64.7 Å². The number of anilines is 2. The van der Waals surface area contributed by atoms with Gasteiger partial charge in [-0.15, -0.1) is 24.8 Å². The third kappa shape index (κ3) is 7.80. The Morgan fingerprint density at radius 2 is 1.78 bits per heavy atom. The average molecular weight is 500 g/mol. The number of rotatable bonds is 10. The van der Waals surface area contributed by atoms with Crippen LogP contribution in [0.25, 0.3) is 10.9 Å². The predicted octanol–water partition coefficient (Wildman–Crippen LogP) is 4.54. The van der Waals surface area contributed by atoms with Gasteiger partial charge in [-0.25, -0.2) is 4.98 Å². The normalized spacial score (nSPS) is 11.2. The molecule has 4 N–H and O–H groups in total. The van der Waals surface area contributed by atoms with Gasteiger partial charge in [0.1, 0.15) is 5.82 Å². The highest BCUT2D eigenvalue weighted by molar-refractivity contribution is 6.35. The monoisotopic (exact) mass is 498 g/mol. The molecule has 1 atom stereocenters. The Kier molecular flexibility index (Phi) is 12.3. The van der Waals surface area contributed by atoms with Crippen molar-refractivity contribution in [2.24, 2.45) is 5.92 Å². The van der Waals surface area contributed by atoms with Crippen LogP contribution in [0.5, 0.6) is 0 Å². The van der Waals surface area contributed by atoms with Crippen LogP contribution in [0.4, 0.5) is 11.5 Å². The standard InChI is InChI=1S/C23H27ClN4O2.2ClH/c1-16(15-17-5-3-2-4-6-17)23(30)28-22-18-7-10-21(26-12-11-25-13-14-29)27-20(18)9-8-19(22)24;;/h2-10,16,25,29H,11-15H2,1H3,(H,26,27)(H,28,30);2*1H/t16-;;/m1../s1. The molecule has 0 aliphatic heterocycles. The molecule has 0 aliphatic rings. The number of carbonyl (C=O) groups excluding carboxylic acids is 1. The summed E-state index contributed by atoms with van der Waals surface area (Å²) in [5.41, 5.74) is 2.46. The first kappa shape index (κ1) is 27.9. The van der Waals surface area contributed by atoms with Crippen LogP contribution < -0.4 is 16.0 Å². The number of aromatic nitrogens is 1. The van der Waals surface area contributed by atoms with E-state index in [0.717, 1.165) is 28.8 Å². The Balaban J connectivity index is 0.00000256. The van der Waals surface area contributed by atoms with Crippen molar-refractivity contribution in [2.75, 3.05) is 36.9 Å². The van der Waals surface area contributed by atoms with Crippen molar-refractivity contribution in [3.63, 3.8) is 0 Å². The van der Waals surface area contributed by atoms with Crippen molar-refractivity contribution in [1.82, 2.24) is 10.3 Å². The lowest BCUT2D eigenvalue weighted by atomic mass is 10.00. The summed E-state index contributed by atoms with van der Waals surface area (Å²) in [6.45, 7) is 4.01. The van der Waals surface area contributed by atoms with Crippen molar-refractivity contribution in [3.05, 3.63) is 65.2 Å². The van der Waals surface area contributed by atoms with Crippen LogP contribution in [0.2, 0.25) is 5.02 Å². The topological polar surface area (TPSA) is 86.3 Å². The molecule has 0 radical (unpaired) electrons. The van der Waals surface area contributed by atoms with Crippen molar-refractivity contribution in [2.45, 2.75) is 13.3 Å². The summed E-state index contributed by atoms with van der Waals surface area (Å²) in [6.07, 6.45) is 0.658. The lowest BCUT2D eigenvalue weighted by molar-refractivity contribution is -0.119. The minimum atomic E-state index is -0.195. The Labute approximate surface area is 206 Å². The maximum atomic E-state index is 12.8. The molecular weight excluding hydrogens is 471 g/mol. The van der Waals surface area contributed by atoms with Crippen molar-refractivity contribution < 1.29 is 9.90 Å². The number of benzene rings is 2. The fraction of sp³-hybridized carbons (Fsp3) is 0.304. The number of hydrogen-bond acceptors (Lipinski definition) is 5. The fourth-order valence-electron chi connectivity index (χ4n) is 3.19. The van der Waals surface area contributed by atoms with Gasteiger partial charge in [-0.3, -0.25) is 4.79 Å². The highest BCUT2D eigenvalue weighted by Crippen LogP contribution is 2.31. The van der Waals surface area contributed by atoms with Gasteiger partial charge in [-0.1, -0.05) is 48.9 Å². The van der Waals surface area contributed by atoms with Crippen LogP contribution in [0.3, 0.4) is 0 Å². The third-order valence-electron chi connectivity index (χ3n) is 4.80. The number of aliphatic hydroxyl groups excluding tert-OH is 1. The Morgan fingerprint density at radius 3 is 2.50 bits per heavy atom. The van der Waals surface area contributed by atoms with Crippen LogP contribution in [0.1, 0.15) is 12.5 Å². The minimum Gasteiger partial charge on any atom is -0.395 e. The molecule has 1 heterocycles. The number of carbonyl (C=O) groups is 1. The third-order valence-corrected chi connectivity index (χ3v) is 5.11. The van der Waals surface area contributed by atoms with Gasteiger partial charge in [-0.05, 0) is 36.2 Å². The highest BCUT2D eigenvalue weighted by Gasteiger charge is 2.17. The summed E-state index contributed by atoms with van der Waals surface area (Å²) in [5, 5.41) is 19.4. The van der Waals surface area contributed by atoms with E-state index in [1.165, 1.54) is 0 Å². The van der Waals surface area contributed by atoms with E-state index < -0.39 is 0 Å². The molecule has 9 heteroatoms. The summed E-state index contributed by atoms with van der Waals surface area (Å²) >= 11 is 6.40. The van der Waals surface area contributed by atoms with Gasteiger partial charge in [-0.2, -0.15) is 0 Å². The molecule has 32 heavy (non-hydrogen) atoms. The van der Waals surface area contributed by atoms with E-state index >= 15 is 0 Å².